The Labute approximate surface area is 227 Å². The second-order valence-corrected chi connectivity index (χ2v) is 15.0. The Hall–Kier alpha value is -1.73. The van der Waals surface area contributed by atoms with Crippen LogP contribution in [0.2, 0.25) is 0 Å². The van der Waals surface area contributed by atoms with Crippen molar-refractivity contribution in [3.8, 4) is 11.5 Å². The Morgan fingerprint density at radius 1 is 0.622 bits per heavy atom. The summed E-state index contributed by atoms with van der Waals surface area (Å²) in [6.07, 6.45) is 20.9. The SMILES string of the molecule is CC12CCCCCCCCCCCCCCCCC(C)(C)P(Oc3ccccc3)(=N1)Oc1ccccc12. The van der Waals surface area contributed by atoms with Crippen LogP contribution in [0.15, 0.2) is 59.3 Å². The minimum atomic E-state index is -2.66. The van der Waals surface area contributed by atoms with Crippen LogP contribution in [0.1, 0.15) is 129 Å². The zero-order valence-electron chi connectivity index (χ0n) is 23.7. The third kappa shape index (κ3) is 7.44. The fourth-order valence-corrected chi connectivity index (χ4v) is 8.96. The van der Waals surface area contributed by atoms with E-state index < -0.39 is 7.51 Å². The van der Waals surface area contributed by atoms with Crippen LogP contribution in [0.4, 0.5) is 0 Å². The summed E-state index contributed by atoms with van der Waals surface area (Å²) >= 11 is 0. The van der Waals surface area contributed by atoms with E-state index in [1.807, 2.05) is 18.2 Å². The van der Waals surface area contributed by atoms with Gasteiger partial charge in [0, 0.05) is 5.56 Å². The first-order valence-electron chi connectivity index (χ1n) is 15.1. The monoisotopic (exact) mass is 523 g/mol. The van der Waals surface area contributed by atoms with Gasteiger partial charge in [-0.3, -0.25) is 0 Å². The van der Waals surface area contributed by atoms with Gasteiger partial charge in [-0.2, -0.15) is 0 Å². The lowest BCUT2D eigenvalue weighted by Gasteiger charge is -2.45. The van der Waals surface area contributed by atoms with E-state index in [0.717, 1.165) is 24.3 Å². The van der Waals surface area contributed by atoms with Crippen molar-refractivity contribution < 1.29 is 9.05 Å². The normalized spacial score (nSPS) is 28.1. The number of para-hydroxylation sites is 2. The molecule has 2 heterocycles. The van der Waals surface area contributed by atoms with Gasteiger partial charge < -0.3 is 9.05 Å². The molecule has 0 aliphatic carbocycles. The van der Waals surface area contributed by atoms with Crippen LogP contribution < -0.4 is 9.05 Å². The van der Waals surface area contributed by atoms with Crippen molar-refractivity contribution in [3.05, 3.63) is 60.2 Å². The predicted octanol–water partition coefficient (Wildman–Crippen LogP) is 11.4. The molecule has 0 saturated carbocycles. The molecular weight excluding hydrogens is 473 g/mol. The summed E-state index contributed by atoms with van der Waals surface area (Å²) in [5.41, 5.74) is 0.926. The van der Waals surface area contributed by atoms with E-state index in [1.165, 1.54) is 95.5 Å². The van der Waals surface area contributed by atoms with E-state index in [1.54, 1.807) is 0 Å². The highest BCUT2D eigenvalue weighted by Gasteiger charge is 2.49. The second-order valence-electron chi connectivity index (χ2n) is 12.1. The quantitative estimate of drug-likeness (QED) is 0.366. The predicted molar refractivity (Wildman–Crippen MR) is 159 cm³/mol. The molecule has 4 heteroatoms. The van der Waals surface area contributed by atoms with E-state index in [-0.39, 0.29) is 10.7 Å². The lowest BCUT2D eigenvalue weighted by atomic mass is 9.87. The highest BCUT2D eigenvalue weighted by atomic mass is 31.2. The van der Waals surface area contributed by atoms with Gasteiger partial charge in [-0.1, -0.05) is 126 Å². The fourth-order valence-electron chi connectivity index (χ4n) is 6.01. The van der Waals surface area contributed by atoms with Crippen LogP contribution in [0, 0.1) is 0 Å². The Balaban J connectivity index is 1.67. The van der Waals surface area contributed by atoms with E-state index in [4.69, 9.17) is 13.8 Å². The topological polar surface area (TPSA) is 30.8 Å². The smallest absolute Gasteiger partial charge is 0.320 e. The Bertz CT molecular complexity index is 1020. The minimum Gasteiger partial charge on any atom is -0.430 e. The molecule has 0 N–H and O–H groups in total. The number of benzene rings is 2. The molecule has 0 fully saturated rings. The molecule has 0 amide bonds. The first-order valence-corrected chi connectivity index (χ1v) is 16.7. The van der Waals surface area contributed by atoms with Gasteiger partial charge in [0.15, 0.2) is 0 Å². The molecule has 2 atom stereocenters. The van der Waals surface area contributed by atoms with Gasteiger partial charge in [0.05, 0.1) is 10.7 Å². The summed E-state index contributed by atoms with van der Waals surface area (Å²) in [4.78, 5) is 0. The van der Waals surface area contributed by atoms with Gasteiger partial charge in [0.25, 0.3) is 0 Å². The lowest BCUT2D eigenvalue weighted by molar-refractivity contribution is 0.344. The van der Waals surface area contributed by atoms with Crippen LogP contribution >= 0.6 is 7.51 Å². The number of hydrogen-bond donors (Lipinski definition) is 0. The summed E-state index contributed by atoms with van der Waals surface area (Å²) in [7, 11) is -2.66. The summed E-state index contributed by atoms with van der Waals surface area (Å²) < 4.78 is 19.6. The summed E-state index contributed by atoms with van der Waals surface area (Å²) in [5, 5.41) is -0.182. The van der Waals surface area contributed by atoms with Crippen LogP contribution in [0.5, 0.6) is 11.5 Å². The average Bonchev–Trinajstić information content (AvgIpc) is 2.88. The first-order chi connectivity index (χ1) is 17.9. The van der Waals surface area contributed by atoms with E-state index in [9.17, 15) is 0 Å². The molecule has 2 aromatic rings. The molecule has 0 saturated heterocycles. The number of fused-ring (bicyclic) bond motifs is 3. The largest absolute Gasteiger partial charge is 0.430 e. The molecule has 2 aromatic carbocycles. The van der Waals surface area contributed by atoms with E-state index in [2.05, 4.69) is 57.2 Å². The maximum Gasteiger partial charge on any atom is 0.320 e. The molecule has 37 heavy (non-hydrogen) atoms. The zero-order valence-corrected chi connectivity index (χ0v) is 24.6. The van der Waals surface area contributed by atoms with Crippen molar-refractivity contribution in [2.45, 2.75) is 134 Å². The summed E-state index contributed by atoms with van der Waals surface area (Å²) in [6.45, 7) is 7.01. The molecule has 2 aliphatic rings. The minimum absolute atomic E-state index is 0.182. The van der Waals surface area contributed by atoms with Gasteiger partial charge in [0.2, 0.25) is 0 Å². The maximum absolute atomic E-state index is 6.97. The maximum atomic E-state index is 6.97. The Morgan fingerprint density at radius 3 is 1.70 bits per heavy atom. The van der Waals surface area contributed by atoms with Gasteiger partial charge in [-0.05, 0) is 51.8 Å². The molecule has 4 rings (SSSR count). The van der Waals surface area contributed by atoms with Crippen molar-refractivity contribution in [3.63, 3.8) is 0 Å². The molecule has 0 spiro atoms. The van der Waals surface area contributed by atoms with E-state index >= 15 is 0 Å². The number of hydrogen-bond acceptors (Lipinski definition) is 3. The van der Waals surface area contributed by atoms with Crippen LogP contribution in [0.25, 0.3) is 0 Å². The molecule has 0 aromatic heterocycles. The molecular formula is C33H50NO2P. The molecule has 204 valence electrons. The highest BCUT2D eigenvalue weighted by molar-refractivity contribution is 7.59. The molecule has 2 aliphatic heterocycles. The first kappa shape index (κ1) is 28.3. The van der Waals surface area contributed by atoms with Crippen molar-refractivity contribution in [2.75, 3.05) is 0 Å². The number of nitrogens with zero attached hydrogens (tertiary/aromatic N) is 1. The van der Waals surface area contributed by atoms with Crippen LogP contribution in [-0.2, 0) is 5.54 Å². The fraction of sp³-hybridized carbons (Fsp3) is 0.636. The number of rotatable bonds is 2. The van der Waals surface area contributed by atoms with Crippen molar-refractivity contribution in [2.24, 2.45) is 4.74 Å². The third-order valence-electron chi connectivity index (χ3n) is 8.48. The standard InChI is InChI=1S/C33H50NO2P/c1-32(2)27-21-14-12-10-8-6-4-5-7-9-11-13-15-22-28-33(3)30-25-19-20-26-31(30)36-37(32,34-33)35-29-23-17-16-18-24-29/h16-20,23-26H,4-15,21-22,27-28H2,1-3H3. The average molecular weight is 524 g/mol. The van der Waals surface area contributed by atoms with Gasteiger partial charge in [-0.25, -0.2) is 4.74 Å². The zero-order chi connectivity index (χ0) is 26.0. The Morgan fingerprint density at radius 2 is 1.11 bits per heavy atom. The van der Waals surface area contributed by atoms with Gasteiger partial charge in [0.1, 0.15) is 11.5 Å². The lowest BCUT2D eigenvalue weighted by Crippen LogP contribution is -2.33. The molecule has 0 radical (unpaired) electrons. The van der Waals surface area contributed by atoms with Crippen molar-refractivity contribution in [1.82, 2.24) is 0 Å². The second kappa shape index (κ2) is 13.4. The third-order valence-corrected chi connectivity index (χ3v) is 11.8. The van der Waals surface area contributed by atoms with Gasteiger partial charge in [-0.15, -0.1) is 0 Å². The Kier molecular flexibility index (Phi) is 10.2. The van der Waals surface area contributed by atoms with E-state index in [0.29, 0.717) is 0 Å². The van der Waals surface area contributed by atoms with Gasteiger partial charge >= 0.3 is 7.51 Å². The summed E-state index contributed by atoms with van der Waals surface area (Å²) in [5.74, 6) is 1.84. The van der Waals surface area contributed by atoms with Crippen molar-refractivity contribution >= 4 is 7.51 Å². The summed E-state index contributed by atoms with van der Waals surface area (Å²) in [6, 6.07) is 18.8. The molecule has 2 unspecified atom stereocenters. The molecule has 2 bridgehead atoms. The van der Waals surface area contributed by atoms with Crippen LogP contribution in [0.3, 0.4) is 0 Å². The highest BCUT2D eigenvalue weighted by Crippen LogP contribution is 2.68. The molecule has 3 nitrogen and oxygen atoms in total. The van der Waals surface area contributed by atoms with Crippen LogP contribution in [-0.4, -0.2) is 5.16 Å². The van der Waals surface area contributed by atoms with Crippen molar-refractivity contribution in [1.29, 1.82) is 0 Å².